The highest BCUT2D eigenvalue weighted by Gasteiger charge is 2.21. The second-order valence-corrected chi connectivity index (χ2v) is 8.65. The van der Waals surface area contributed by atoms with Crippen LogP contribution in [0.15, 0.2) is 53.4 Å². The van der Waals surface area contributed by atoms with Gasteiger partial charge in [0.1, 0.15) is 5.75 Å². The standard InChI is InChI=1S/C22H29N3O5S/c1-4-25(5-2)31(28,29)18-12-10-17(11-13-18)16-24-21(26)14-15-23-22(27)19-8-6-7-9-20(19)30-3/h6-13H,4-5,14-16H2,1-3H3,(H,23,27)(H,24,26). The lowest BCUT2D eigenvalue weighted by Gasteiger charge is -2.18. The minimum Gasteiger partial charge on any atom is -0.496 e. The summed E-state index contributed by atoms with van der Waals surface area (Å²) in [5, 5.41) is 5.46. The van der Waals surface area contributed by atoms with Gasteiger partial charge in [-0.05, 0) is 29.8 Å². The minimum absolute atomic E-state index is 0.120. The average molecular weight is 448 g/mol. The van der Waals surface area contributed by atoms with E-state index in [2.05, 4.69) is 10.6 Å². The molecule has 0 radical (unpaired) electrons. The van der Waals surface area contributed by atoms with Crippen molar-refractivity contribution in [2.75, 3.05) is 26.7 Å². The third-order valence-corrected chi connectivity index (χ3v) is 6.81. The fraction of sp³-hybridized carbons (Fsp3) is 0.364. The summed E-state index contributed by atoms with van der Waals surface area (Å²) in [7, 11) is -2.01. The lowest BCUT2D eigenvalue weighted by Crippen LogP contribution is -2.31. The Morgan fingerprint density at radius 1 is 0.968 bits per heavy atom. The van der Waals surface area contributed by atoms with Crippen molar-refractivity contribution >= 4 is 21.8 Å². The van der Waals surface area contributed by atoms with Gasteiger partial charge in [0.2, 0.25) is 15.9 Å². The zero-order chi connectivity index (χ0) is 22.9. The number of methoxy groups -OCH3 is 1. The molecule has 8 nitrogen and oxygen atoms in total. The number of carbonyl (C=O) groups is 2. The Balaban J connectivity index is 1.82. The van der Waals surface area contributed by atoms with Crippen molar-refractivity contribution in [1.29, 1.82) is 0 Å². The number of carbonyl (C=O) groups excluding carboxylic acids is 2. The number of benzene rings is 2. The van der Waals surface area contributed by atoms with E-state index in [1.54, 1.807) is 62.4 Å². The lowest BCUT2D eigenvalue weighted by molar-refractivity contribution is -0.121. The summed E-state index contributed by atoms with van der Waals surface area (Å²) in [6.45, 7) is 4.86. The summed E-state index contributed by atoms with van der Waals surface area (Å²) >= 11 is 0. The molecule has 2 aromatic carbocycles. The maximum atomic E-state index is 12.5. The van der Waals surface area contributed by atoms with Gasteiger partial charge in [-0.15, -0.1) is 0 Å². The first-order valence-corrected chi connectivity index (χ1v) is 11.5. The first kappa shape index (κ1) is 24.4. The molecule has 9 heteroatoms. The lowest BCUT2D eigenvalue weighted by atomic mass is 10.2. The van der Waals surface area contributed by atoms with Crippen LogP contribution < -0.4 is 15.4 Å². The molecule has 0 spiro atoms. The van der Waals surface area contributed by atoms with Crippen LogP contribution in [-0.2, 0) is 21.4 Å². The Bertz CT molecular complexity index is 986. The number of nitrogens with one attached hydrogen (secondary N) is 2. The van der Waals surface area contributed by atoms with Crippen LogP contribution in [0.3, 0.4) is 0 Å². The van der Waals surface area contributed by atoms with Crippen molar-refractivity contribution in [3.05, 3.63) is 59.7 Å². The van der Waals surface area contributed by atoms with E-state index in [4.69, 9.17) is 4.74 Å². The van der Waals surface area contributed by atoms with Crippen LogP contribution in [0.1, 0.15) is 36.2 Å². The minimum atomic E-state index is -3.50. The Hall–Kier alpha value is -2.91. The topological polar surface area (TPSA) is 105 Å². The van der Waals surface area contributed by atoms with Gasteiger partial charge in [-0.1, -0.05) is 38.1 Å². The average Bonchev–Trinajstić information content (AvgIpc) is 2.78. The van der Waals surface area contributed by atoms with Gasteiger partial charge in [-0.25, -0.2) is 8.42 Å². The van der Waals surface area contributed by atoms with Crippen molar-refractivity contribution in [2.45, 2.75) is 31.7 Å². The molecule has 0 bridgehead atoms. The van der Waals surface area contributed by atoms with Gasteiger partial charge in [0, 0.05) is 32.6 Å². The van der Waals surface area contributed by atoms with Gasteiger partial charge in [0.15, 0.2) is 0 Å². The fourth-order valence-corrected chi connectivity index (χ4v) is 4.46. The molecule has 0 aliphatic carbocycles. The molecule has 0 saturated heterocycles. The number of sulfonamides is 1. The highest BCUT2D eigenvalue weighted by Crippen LogP contribution is 2.17. The molecule has 0 aliphatic rings. The second kappa shape index (κ2) is 11.5. The highest BCUT2D eigenvalue weighted by atomic mass is 32.2. The van der Waals surface area contributed by atoms with Crippen LogP contribution in [-0.4, -0.2) is 51.3 Å². The molecule has 168 valence electrons. The first-order chi connectivity index (χ1) is 14.8. The van der Waals surface area contributed by atoms with Crippen LogP contribution in [0, 0.1) is 0 Å². The molecule has 0 aliphatic heterocycles. The number of nitrogens with zero attached hydrogens (tertiary/aromatic N) is 1. The Labute approximate surface area is 183 Å². The summed E-state index contributed by atoms with van der Waals surface area (Å²) in [4.78, 5) is 24.5. The molecule has 2 N–H and O–H groups in total. The van der Waals surface area contributed by atoms with Crippen molar-refractivity contribution in [3.63, 3.8) is 0 Å². The predicted molar refractivity (Wildman–Crippen MR) is 118 cm³/mol. The number of amides is 2. The van der Waals surface area contributed by atoms with Crippen LogP contribution in [0.2, 0.25) is 0 Å². The van der Waals surface area contributed by atoms with E-state index >= 15 is 0 Å². The third kappa shape index (κ3) is 6.53. The summed E-state index contributed by atoms with van der Waals surface area (Å²) in [5.41, 5.74) is 1.19. The summed E-state index contributed by atoms with van der Waals surface area (Å²) in [5.74, 6) is -0.0636. The molecule has 2 amide bonds. The monoisotopic (exact) mass is 447 g/mol. The largest absolute Gasteiger partial charge is 0.496 e. The fourth-order valence-electron chi connectivity index (χ4n) is 3.00. The molecular weight excluding hydrogens is 418 g/mol. The molecule has 0 unspecified atom stereocenters. The zero-order valence-corrected chi connectivity index (χ0v) is 18.9. The van der Waals surface area contributed by atoms with E-state index in [1.165, 1.54) is 11.4 Å². The van der Waals surface area contributed by atoms with Gasteiger partial charge in [0.25, 0.3) is 5.91 Å². The van der Waals surface area contributed by atoms with E-state index in [-0.39, 0.29) is 36.2 Å². The maximum Gasteiger partial charge on any atom is 0.255 e. The van der Waals surface area contributed by atoms with Crippen molar-refractivity contribution in [3.8, 4) is 5.75 Å². The number of para-hydroxylation sites is 1. The molecule has 0 aromatic heterocycles. The number of ether oxygens (including phenoxy) is 1. The molecule has 31 heavy (non-hydrogen) atoms. The number of hydrogen-bond acceptors (Lipinski definition) is 5. The van der Waals surface area contributed by atoms with Crippen LogP contribution in [0.4, 0.5) is 0 Å². The van der Waals surface area contributed by atoms with E-state index < -0.39 is 10.0 Å². The molecule has 0 atom stereocenters. The van der Waals surface area contributed by atoms with Gasteiger partial charge in [-0.3, -0.25) is 9.59 Å². The van der Waals surface area contributed by atoms with E-state index in [0.717, 1.165) is 5.56 Å². The van der Waals surface area contributed by atoms with Gasteiger partial charge in [0.05, 0.1) is 17.6 Å². The Kier molecular flexibility index (Phi) is 9.02. The number of rotatable bonds is 11. The second-order valence-electron chi connectivity index (χ2n) is 6.72. The van der Waals surface area contributed by atoms with Crippen LogP contribution in [0.5, 0.6) is 5.75 Å². The van der Waals surface area contributed by atoms with Crippen molar-refractivity contribution in [1.82, 2.24) is 14.9 Å². The van der Waals surface area contributed by atoms with Crippen LogP contribution >= 0.6 is 0 Å². The Morgan fingerprint density at radius 3 is 2.23 bits per heavy atom. The molecule has 2 aromatic rings. The van der Waals surface area contributed by atoms with E-state index in [9.17, 15) is 18.0 Å². The molecular formula is C22H29N3O5S. The van der Waals surface area contributed by atoms with E-state index in [1.807, 2.05) is 0 Å². The third-order valence-electron chi connectivity index (χ3n) is 4.75. The van der Waals surface area contributed by atoms with Crippen molar-refractivity contribution < 1.29 is 22.7 Å². The molecule has 0 heterocycles. The van der Waals surface area contributed by atoms with E-state index in [0.29, 0.717) is 24.4 Å². The highest BCUT2D eigenvalue weighted by molar-refractivity contribution is 7.89. The molecule has 0 fully saturated rings. The van der Waals surface area contributed by atoms with Gasteiger partial charge >= 0.3 is 0 Å². The Morgan fingerprint density at radius 2 is 1.61 bits per heavy atom. The first-order valence-electron chi connectivity index (χ1n) is 10.1. The summed E-state index contributed by atoms with van der Waals surface area (Å²) in [6, 6.07) is 13.3. The smallest absolute Gasteiger partial charge is 0.255 e. The predicted octanol–water partition coefficient (Wildman–Crippen LogP) is 2.16. The maximum absolute atomic E-state index is 12.5. The molecule has 0 saturated carbocycles. The number of hydrogen-bond donors (Lipinski definition) is 2. The molecule has 2 rings (SSSR count). The zero-order valence-electron chi connectivity index (χ0n) is 18.1. The summed E-state index contributed by atoms with van der Waals surface area (Å²) in [6.07, 6.45) is 0.120. The SMILES string of the molecule is CCN(CC)S(=O)(=O)c1ccc(CNC(=O)CCNC(=O)c2ccccc2OC)cc1. The van der Waals surface area contributed by atoms with Crippen LogP contribution in [0.25, 0.3) is 0 Å². The normalized spacial score (nSPS) is 11.2. The van der Waals surface area contributed by atoms with Gasteiger partial charge in [-0.2, -0.15) is 4.31 Å². The van der Waals surface area contributed by atoms with Gasteiger partial charge < -0.3 is 15.4 Å². The van der Waals surface area contributed by atoms with Crippen molar-refractivity contribution in [2.24, 2.45) is 0 Å². The quantitative estimate of drug-likeness (QED) is 0.549. The summed E-state index contributed by atoms with van der Waals surface area (Å²) < 4.78 is 31.6.